The first-order valence-electron chi connectivity index (χ1n) is 11.4. The van der Waals surface area contributed by atoms with Gasteiger partial charge in [-0.05, 0) is 73.9 Å². The second-order valence-corrected chi connectivity index (χ2v) is 10.4. The number of aliphatic hydroxyl groups excluding tert-OH is 1. The molecule has 1 atom stereocenters. The maximum absolute atomic E-state index is 13.5. The van der Waals surface area contributed by atoms with E-state index in [9.17, 15) is 14.3 Å². The van der Waals surface area contributed by atoms with E-state index in [4.69, 9.17) is 14.2 Å². The Hall–Kier alpha value is -3.69. The zero-order valence-electron chi connectivity index (χ0n) is 20.0. The van der Waals surface area contributed by atoms with Crippen molar-refractivity contribution in [2.45, 2.75) is 32.3 Å². The molecule has 186 valence electrons. The van der Waals surface area contributed by atoms with Crippen molar-refractivity contribution in [2.24, 2.45) is 0 Å². The van der Waals surface area contributed by atoms with Gasteiger partial charge in [0.25, 0.3) is 0 Å². The summed E-state index contributed by atoms with van der Waals surface area (Å²) in [6, 6.07) is 15.6. The summed E-state index contributed by atoms with van der Waals surface area (Å²) in [6.45, 7) is 5.36. The number of aliphatic hydroxyl groups is 1. The van der Waals surface area contributed by atoms with Crippen molar-refractivity contribution in [1.82, 2.24) is 4.98 Å². The van der Waals surface area contributed by atoms with Crippen molar-refractivity contribution in [3.63, 3.8) is 0 Å². The quantitative estimate of drug-likeness (QED) is 0.329. The Morgan fingerprint density at radius 2 is 1.86 bits per heavy atom. The average Bonchev–Trinajstić information content (AvgIpc) is 3.44. The highest BCUT2D eigenvalue weighted by Gasteiger charge is 2.22. The van der Waals surface area contributed by atoms with E-state index in [0.717, 1.165) is 27.0 Å². The third kappa shape index (κ3) is 4.98. The lowest BCUT2D eigenvalue weighted by atomic mass is 9.89. The van der Waals surface area contributed by atoms with Crippen molar-refractivity contribution >= 4 is 32.8 Å². The summed E-state index contributed by atoms with van der Waals surface area (Å²) in [7, 11) is 0. The molecular weight excluding hydrogens is 483 g/mol. The van der Waals surface area contributed by atoms with Gasteiger partial charge in [-0.2, -0.15) is 0 Å². The summed E-state index contributed by atoms with van der Waals surface area (Å²) in [5.41, 5.74) is 3.30. The molecule has 2 N–H and O–H groups in total. The molecule has 0 aliphatic carbocycles. The number of halogens is 1. The summed E-state index contributed by atoms with van der Waals surface area (Å²) in [4.78, 5) is 17.0. The van der Waals surface area contributed by atoms with Crippen LogP contribution in [0.2, 0.25) is 0 Å². The molecule has 0 bridgehead atoms. The highest BCUT2D eigenvalue weighted by molar-refractivity contribution is 7.22. The number of carbonyl (C=O) groups excluding carboxylic acids is 1. The molecule has 1 unspecified atom stereocenters. The molecule has 1 aliphatic rings. The lowest BCUT2D eigenvalue weighted by Crippen LogP contribution is -2.27. The van der Waals surface area contributed by atoms with E-state index in [0.29, 0.717) is 22.1 Å². The average molecular weight is 509 g/mol. The van der Waals surface area contributed by atoms with Crippen molar-refractivity contribution in [2.75, 3.05) is 18.7 Å². The first-order chi connectivity index (χ1) is 17.2. The Morgan fingerprint density at radius 3 is 2.58 bits per heavy atom. The zero-order valence-corrected chi connectivity index (χ0v) is 20.8. The van der Waals surface area contributed by atoms with Crippen LogP contribution in [0.25, 0.3) is 21.3 Å². The maximum atomic E-state index is 13.5. The summed E-state index contributed by atoms with van der Waals surface area (Å²) >= 11 is 1.30. The Balaban J connectivity index is 1.61. The topological polar surface area (TPSA) is 89.9 Å². The van der Waals surface area contributed by atoms with Gasteiger partial charge in [0.05, 0.1) is 16.8 Å². The van der Waals surface area contributed by atoms with E-state index < -0.39 is 11.7 Å². The van der Waals surface area contributed by atoms with Gasteiger partial charge >= 0.3 is 6.09 Å². The van der Waals surface area contributed by atoms with Gasteiger partial charge in [0.15, 0.2) is 16.6 Å². The van der Waals surface area contributed by atoms with Crippen molar-refractivity contribution in [3.05, 3.63) is 71.5 Å². The fraction of sp³-hybridized carbons (Fsp3) is 0.259. The standard InChI is InChI=1S/C27H25FN2O5S/c1-27(2,3)35-26(32)30-25-29-24-19(16-6-9-21-22(11-16)34-14-33-21)10-17(12-23(24)36-25)20(13-31)15-4-7-18(28)8-5-15/h4-12,20,31H,13-14H2,1-3H3,(H,29,30,32). The van der Waals surface area contributed by atoms with Gasteiger partial charge in [-0.25, -0.2) is 14.2 Å². The van der Waals surface area contributed by atoms with Crippen molar-refractivity contribution in [3.8, 4) is 22.6 Å². The number of hydrogen-bond donors (Lipinski definition) is 2. The van der Waals surface area contributed by atoms with Crippen LogP contribution in [0.5, 0.6) is 11.5 Å². The van der Waals surface area contributed by atoms with Crippen molar-refractivity contribution < 1.29 is 28.5 Å². The molecule has 1 amide bonds. The van der Waals surface area contributed by atoms with E-state index in [2.05, 4.69) is 10.3 Å². The number of anilines is 1. The summed E-state index contributed by atoms with van der Waals surface area (Å²) in [5, 5.41) is 13.4. The molecule has 3 aromatic carbocycles. The number of hydrogen-bond acceptors (Lipinski definition) is 7. The normalized spacial score (nSPS) is 13.6. The largest absolute Gasteiger partial charge is 0.454 e. The number of nitrogens with one attached hydrogen (secondary N) is 1. The minimum atomic E-state index is -0.644. The molecule has 2 heterocycles. The monoisotopic (exact) mass is 508 g/mol. The van der Waals surface area contributed by atoms with E-state index in [1.54, 1.807) is 32.9 Å². The Bertz CT molecular complexity index is 1430. The molecule has 0 fully saturated rings. The van der Waals surface area contributed by atoms with Crippen LogP contribution in [0, 0.1) is 5.82 Å². The molecular formula is C27H25FN2O5S. The maximum Gasteiger partial charge on any atom is 0.413 e. The number of aromatic nitrogens is 1. The van der Waals surface area contributed by atoms with Gasteiger partial charge in [0.2, 0.25) is 6.79 Å². The number of fused-ring (bicyclic) bond motifs is 2. The van der Waals surface area contributed by atoms with Gasteiger partial charge in [-0.15, -0.1) is 0 Å². The molecule has 0 radical (unpaired) electrons. The minimum absolute atomic E-state index is 0.159. The lowest BCUT2D eigenvalue weighted by Gasteiger charge is -2.18. The molecule has 0 saturated heterocycles. The zero-order chi connectivity index (χ0) is 25.4. The van der Waals surface area contributed by atoms with E-state index in [1.165, 1.54) is 23.5 Å². The van der Waals surface area contributed by atoms with Crippen LogP contribution >= 0.6 is 11.3 Å². The Labute approximate surface area is 211 Å². The molecule has 36 heavy (non-hydrogen) atoms. The first-order valence-corrected chi connectivity index (χ1v) is 12.2. The van der Waals surface area contributed by atoms with Gasteiger partial charge in [-0.1, -0.05) is 29.5 Å². The second kappa shape index (κ2) is 9.40. The molecule has 4 aromatic rings. The fourth-order valence-corrected chi connectivity index (χ4v) is 5.01. The number of nitrogens with zero attached hydrogens (tertiary/aromatic N) is 1. The van der Waals surface area contributed by atoms with E-state index >= 15 is 0 Å². The molecule has 7 nitrogen and oxygen atoms in total. The number of thiazole rings is 1. The van der Waals surface area contributed by atoms with Crippen LogP contribution in [0.15, 0.2) is 54.6 Å². The van der Waals surface area contributed by atoms with E-state index in [-0.39, 0.29) is 25.1 Å². The van der Waals surface area contributed by atoms with Crippen LogP contribution in [0.4, 0.5) is 14.3 Å². The number of ether oxygens (including phenoxy) is 3. The Kier molecular flexibility index (Phi) is 6.27. The second-order valence-electron chi connectivity index (χ2n) is 9.42. The van der Waals surface area contributed by atoms with Crippen molar-refractivity contribution in [1.29, 1.82) is 0 Å². The lowest BCUT2D eigenvalue weighted by molar-refractivity contribution is 0.0636. The third-order valence-corrected chi connectivity index (χ3v) is 6.58. The summed E-state index contributed by atoms with van der Waals surface area (Å²) in [6.07, 6.45) is -0.592. The smallest absolute Gasteiger partial charge is 0.413 e. The number of rotatable bonds is 5. The molecule has 1 aromatic heterocycles. The fourth-order valence-electron chi connectivity index (χ4n) is 4.08. The molecule has 0 spiro atoms. The van der Waals surface area contributed by atoms with E-state index in [1.807, 2.05) is 30.3 Å². The van der Waals surface area contributed by atoms with Gasteiger partial charge in [0, 0.05) is 11.5 Å². The third-order valence-electron chi connectivity index (χ3n) is 5.67. The minimum Gasteiger partial charge on any atom is -0.454 e. The number of carbonyl (C=O) groups is 1. The molecule has 9 heteroatoms. The highest BCUT2D eigenvalue weighted by atomic mass is 32.1. The van der Waals surface area contributed by atoms with Gasteiger partial charge < -0.3 is 19.3 Å². The van der Waals surface area contributed by atoms with Crippen LogP contribution in [-0.4, -0.2) is 35.2 Å². The Morgan fingerprint density at radius 1 is 1.11 bits per heavy atom. The highest BCUT2D eigenvalue weighted by Crippen LogP contribution is 2.41. The first kappa shape index (κ1) is 24.0. The SMILES string of the molecule is CC(C)(C)OC(=O)Nc1nc2c(-c3ccc4c(c3)OCO4)cc(C(CO)c3ccc(F)cc3)cc2s1. The van der Waals surface area contributed by atoms with Crippen LogP contribution in [0.3, 0.4) is 0 Å². The van der Waals surface area contributed by atoms with Gasteiger partial charge in [0.1, 0.15) is 11.4 Å². The van der Waals surface area contributed by atoms with Crippen LogP contribution < -0.4 is 14.8 Å². The predicted octanol–water partition coefficient (Wildman–Crippen LogP) is 6.30. The van der Waals surface area contributed by atoms with Gasteiger partial charge in [-0.3, -0.25) is 5.32 Å². The van der Waals surface area contributed by atoms with Crippen LogP contribution in [0.1, 0.15) is 37.8 Å². The van der Waals surface area contributed by atoms with Crippen LogP contribution in [-0.2, 0) is 4.74 Å². The number of benzene rings is 3. The molecule has 0 saturated carbocycles. The number of amides is 1. The molecule has 1 aliphatic heterocycles. The molecule has 5 rings (SSSR count). The summed E-state index contributed by atoms with van der Waals surface area (Å²) in [5.74, 6) is 0.571. The predicted molar refractivity (Wildman–Crippen MR) is 136 cm³/mol. The summed E-state index contributed by atoms with van der Waals surface area (Å²) < 4.78 is 30.7.